The first-order chi connectivity index (χ1) is 14.0. The molecule has 8 nitrogen and oxygen atoms in total. The molecule has 1 aromatic heterocycles. The number of aromatic nitrogens is 2. The van der Waals surface area contributed by atoms with Crippen molar-refractivity contribution in [3.8, 4) is 5.75 Å². The van der Waals surface area contributed by atoms with E-state index in [2.05, 4.69) is 5.32 Å². The van der Waals surface area contributed by atoms with Crippen LogP contribution in [-0.2, 0) is 23.2 Å². The van der Waals surface area contributed by atoms with Crippen LogP contribution in [0, 0.1) is 0 Å². The lowest BCUT2D eigenvalue weighted by Gasteiger charge is -2.19. The highest BCUT2D eigenvalue weighted by atomic mass is 16.5. The minimum atomic E-state index is -0.324. The first-order valence-electron chi connectivity index (χ1n) is 9.42. The number of amides is 2. The number of benzene rings is 2. The summed E-state index contributed by atoms with van der Waals surface area (Å²) in [5.74, 6) is 0.256. The summed E-state index contributed by atoms with van der Waals surface area (Å²) in [7, 11) is 3.21. The van der Waals surface area contributed by atoms with Gasteiger partial charge in [0.2, 0.25) is 11.8 Å². The topological polar surface area (TPSA) is 85.6 Å². The first-order valence-corrected chi connectivity index (χ1v) is 9.42. The molecule has 0 radical (unpaired) electrons. The van der Waals surface area contributed by atoms with Crippen molar-refractivity contribution in [1.29, 1.82) is 0 Å². The molecule has 0 unspecified atom stereocenters. The minimum absolute atomic E-state index is 0.0652. The minimum Gasteiger partial charge on any atom is -0.494 e. The fourth-order valence-corrected chi connectivity index (χ4v) is 3.74. The van der Waals surface area contributed by atoms with Crippen molar-refractivity contribution >= 4 is 34.2 Å². The molecule has 150 valence electrons. The van der Waals surface area contributed by atoms with Gasteiger partial charge in [0, 0.05) is 31.8 Å². The number of nitrogens with one attached hydrogen (secondary N) is 1. The summed E-state index contributed by atoms with van der Waals surface area (Å²) in [5, 5.41) is 2.80. The van der Waals surface area contributed by atoms with Crippen molar-refractivity contribution in [3.63, 3.8) is 0 Å². The van der Waals surface area contributed by atoms with Crippen molar-refractivity contribution in [1.82, 2.24) is 9.13 Å². The zero-order valence-corrected chi connectivity index (χ0v) is 16.3. The van der Waals surface area contributed by atoms with Gasteiger partial charge in [-0.2, -0.15) is 0 Å². The average molecular weight is 394 g/mol. The summed E-state index contributed by atoms with van der Waals surface area (Å²) in [6.45, 7) is 0.555. The largest absolute Gasteiger partial charge is 0.494 e. The van der Waals surface area contributed by atoms with E-state index in [1.54, 1.807) is 30.1 Å². The molecule has 2 aromatic carbocycles. The first kappa shape index (κ1) is 18.8. The molecule has 2 amide bonds. The average Bonchev–Trinajstić information content (AvgIpc) is 3.25. The number of imidazole rings is 1. The van der Waals surface area contributed by atoms with Gasteiger partial charge < -0.3 is 15.0 Å². The Kier molecular flexibility index (Phi) is 4.84. The Hall–Kier alpha value is -3.55. The van der Waals surface area contributed by atoms with Crippen molar-refractivity contribution in [2.45, 2.75) is 19.4 Å². The number of carbonyl (C=O) groups excluding carboxylic acids is 2. The predicted molar refractivity (Wildman–Crippen MR) is 110 cm³/mol. The molecule has 0 saturated carbocycles. The molecule has 0 bridgehead atoms. The van der Waals surface area contributed by atoms with Crippen molar-refractivity contribution in [2.75, 3.05) is 23.9 Å². The van der Waals surface area contributed by atoms with Gasteiger partial charge in [-0.1, -0.05) is 12.1 Å². The van der Waals surface area contributed by atoms with Gasteiger partial charge in [0.05, 0.1) is 23.8 Å². The van der Waals surface area contributed by atoms with E-state index in [1.807, 2.05) is 24.3 Å². The number of para-hydroxylation sites is 2. The maximum absolute atomic E-state index is 12.6. The van der Waals surface area contributed by atoms with Crippen LogP contribution < -0.4 is 20.6 Å². The van der Waals surface area contributed by atoms with Crippen LogP contribution in [0.2, 0.25) is 0 Å². The summed E-state index contributed by atoms with van der Waals surface area (Å²) < 4.78 is 8.39. The lowest BCUT2D eigenvalue weighted by atomic mass is 10.2. The van der Waals surface area contributed by atoms with E-state index in [-0.39, 0.29) is 24.0 Å². The summed E-state index contributed by atoms with van der Waals surface area (Å²) in [5.41, 5.74) is 2.46. The van der Waals surface area contributed by atoms with E-state index in [1.165, 1.54) is 16.2 Å². The van der Waals surface area contributed by atoms with Crippen LogP contribution >= 0.6 is 0 Å². The van der Waals surface area contributed by atoms with Crippen LogP contribution in [0.25, 0.3) is 11.0 Å². The monoisotopic (exact) mass is 394 g/mol. The maximum atomic E-state index is 12.6. The number of anilines is 2. The molecule has 8 heteroatoms. The van der Waals surface area contributed by atoms with E-state index >= 15 is 0 Å². The number of hydrogen-bond donors (Lipinski definition) is 1. The smallest absolute Gasteiger partial charge is 0.329 e. The van der Waals surface area contributed by atoms with Gasteiger partial charge in [0.25, 0.3) is 0 Å². The van der Waals surface area contributed by atoms with Gasteiger partial charge in [0.15, 0.2) is 0 Å². The van der Waals surface area contributed by atoms with E-state index in [0.29, 0.717) is 35.6 Å². The molecule has 29 heavy (non-hydrogen) atoms. The summed E-state index contributed by atoms with van der Waals surface area (Å²) >= 11 is 0. The number of methoxy groups -OCH3 is 1. The molecular weight excluding hydrogens is 372 g/mol. The summed E-state index contributed by atoms with van der Waals surface area (Å²) in [4.78, 5) is 38.8. The molecule has 1 N–H and O–H groups in total. The fourth-order valence-electron chi connectivity index (χ4n) is 3.74. The van der Waals surface area contributed by atoms with Gasteiger partial charge in [-0.15, -0.1) is 0 Å². The molecule has 0 atom stereocenters. The fraction of sp³-hybridized carbons (Fsp3) is 0.286. The third-order valence-electron chi connectivity index (χ3n) is 5.18. The predicted octanol–water partition coefficient (Wildman–Crippen LogP) is 2.11. The number of carbonyl (C=O) groups is 2. The number of aryl methyl sites for hydroxylation is 1. The number of ether oxygens (including phenoxy) is 1. The highest BCUT2D eigenvalue weighted by molar-refractivity contribution is 5.98. The molecular formula is C21H22N4O4. The molecule has 1 aliphatic rings. The van der Waals surface area contributed by atoms with E-state index in [4.69, 9.17) is 4.74 Å². The van der Waals surface area contributed by atoms with Gasteiger partial charge >= 0.3 is 5.69 Å². The zero-order chi connectivity index (χ0) is 20.5. The molecule has 0 aliphatic carbocycles. The maximum Gasteiger partial charge on any atom is 0.329 e. The van der Waals surface area contributed by atoms with Gasteiger partial charge in [-0.25, -0.2) is 4.79 Å². The van der Waals surface area contributed by atoms with Gasteiger partial charge in [0.1, 0.15) is 12.3 Å². The van der Waals surface area contributed by atoms with E-state index < -0.39 is 0 Å². The van der Waals surface area contributed by atoms with Crippen LogP contribution in [0.4, 0.5) is 11.4 Å². The second-order valence-corrected chi connectivity index (χ2v) is 7.00. The van der Waals surface area contributed by atoms with Crippen LogP contribution in [0.1, 0.15) is 12.8 Å². The number of hydrogen-bond acceptors (Lipinski definition) is 4. The Morgan fingerprint density at radius 3 is 2.59 bits per heavy atom. The third kappa shape index (κ3) is 3.37. The molecule has 0 spiro atoms. The number of nitrogens with zero attached hydrogens (tertiary/aromatic N) is 3. The second-order valence-electron chi connectivity index (χ2n) is 7.00. The van der Waals surface area contributed by atoms with E-state index in [0.717, 1.165) is 11.9 Å². The van der Waals surface area contributed by atoms with E-state index in [9.17, 15) is 14.4 Å². The Bertz CT molecular complexity index is 1160. The third-order valence-corrected chi connectivity index (χ3v) is 5.18. The van der Waals surface area contributed by atoms with Crippen molar-refractivity contribution in [2.24, 2.45) is 7.05 Å². The summed E-state index contributed by atoms with van der Waals surface area (Å²) in [6.07, 6.45) is 1.35. The molecule has 4 rings (SSSR count). The van der Waals surface area contributed by atoms with Crippen molar-refractivity contribution < 1.29 is 14.3 Å². The quantitative estimate of drug-likeness (QED) is 0.718. The molecule has 2 heterocycles. The highest BCUT2D eigenvalue weighted by Crippen LogP contribution is 2.33. The normalized spacial score (nSPS) is 13.9. The number of fused-ring (bicyclic) bond motifs is 1. The van der Waals surface area contributed by atoms with Crippen LogP contribution in [0.3, 0.4) is 0 Å². The second kappa shape index (κ2) is 7.46. The Morgan fingerprint density at radius 1 is 1.14 bits per heavy atom. The van der Waals surface area contributed by atoms with Crippen molar-refractivity contribution in [3.05, 3.63) is 52.9 Å². The highest BCUT2D eigenvalue weighted by Gasteiger charge is 2.24. The summed E-state index contributed by atoms with van der Waals surface area (Å²) in [6, 6.07) is 12.5. The standard InChI is InChI=1S/C21H22N4O4/c1-23-15-6-3-4-7-16(15)25(21(23)28)13-19(26)22-14-9-10-17(18(12-14)29-2)24-11-5-8-20(24)27/h3-4,6-7,9-10,12H,5,8,11,13H2,1-2H3,(H,22,26). The Morgan fingerprint density at radius 2 is 1.90 bits per heavy atom. The molecule has 1 aliphatic heterocycles. The molecule has 1 saturated heterocycles. The molecule has 3 aromatic rings. The Balaban J connectivity index is 1.56. The molecule has 1 fully saturated rings. The zero-order valence-electron chi connectivity index (χ0n) is 16.3. The SMILES string of the molecule is COc1cc(NC(=O)Cn2c(=O)n(C)c3ccccc32)ccc1N1CCCC1=O. The van der Waals surface area contributed by atoms with Crippen LogP contribution in [-0.4, -0.2) is 34.6 Å². The Labute approximate surface area is 167 Å². The van der Waals surface area contributed by atoms with Crippen LogP contribution in [0.15, 0.2) is 47.3 Å². The van der Waals surface area contributed by atoms with Gasteiger partial charge in [-0.05, 0) is 30.7 Å². The number of rotatable bonds is 5. The van der Waals surface area contributed by atoms with Gasteiger partial charge in [-0.3, -0.25) is 18.7 Å². The lowest BCUT2D eigenvalue weighted by Crippen LogP contribution is -2.28. The van der Waals surface area contributed by atoms with Crippen LogP contribution in [0.5, 0.6) is 5.75 Å². The lowest BCUT2D eigenvalue weighted by molar-refractivity contribution is -0.117.